The van der Waals surface area contributed by atoms with Crippen LogP contribution in [0, 0.1) is 25.5 Å². The molecule has 3 aromatic rings. The number of ether oxygens (including phenoxy) is 1. The summed E-state index contributed by atoms with van der Waals surface area (Å²) in [6.07, 6.45) is -1.02. The van der Waals surface area contributed by atoms with E-state index in [1.807, 2.05) is 12.1 Å². The Labute approximate surface area is 217 Å². The number of ketones is 2. The van der Waals surface area contributed by atoms with Gasteiger partial charge in [-0.05, 0) is 52.4 Å². The average molecular weight is 594 g/mol. The van der Waals surface area contributed by atoms with Gasteiger partial charge in [0.2, 0.25) is 29.0 Å². The lowest BCUT2D eigenvalue weighted by molar-refractivity contribution is -0.384. The second kappa shape index (κ2) is 7.87. The van der Waals surface area contributed by atoms with Gasteiger partial charge in [-0.15, -0.1) is 0 Å². The zero-order valence-corrected chi connectivity index (χ0v) is 20.4. The Morgan fingerprint density at radius 2 is 1.42 bits per heavy atom. The third-order valence-corrected chi connectivity index (χ3v) is 7.76. The monoisotopic (exact) mass is 594 g/mol. The first-order chi connectivity index (χ1) is 17.3. The molecule has 9 nitrogen and oxygen atoms in total. The smallest absolute Gasteiger partial charge is 0.269 e. The lowest BCUT2D eigenvalue weighted by Gasteiger charge is -2.27. The number of halogens is 1. The van der Waals surface area contributed by atoms with E-state index < -0.39 is 51.8 Å². The maximum absolute atomic E-state index is 13.8. The summed E-state index contributed by atoms with van der Waals surface area (Å²) in [4.78, 5) is 66.4. The zero-order chi connectivity index (χ0) is 25.4. The van der Waals surface area contributed by atoms with Crippen LogP contribution in [-0.2, 0) is 14.3 Å². The number of anilines is 1. The second-order valence-electron chi connectivity index (χ2n) is 8.82. The van der Waals surface area contributed by atoms with E-state index in [9.17, 15) is 29.3 Å². The normalized spacial score (nSPS) is 23.9. The molecule has 1 aliphatic carbocycles. The minimum atomic E-state index is -2.16. The molecule has 6 rings (SSSR count). The van der Waals surface area contributed by atoms with Gasteiger partial charge in [-0.1, -0.05) is 36.4 Å². The van der Waals surface area contributed by atoms with E-state index in [1.165, 1.54) is 36.4 Å². The second-order valence-corrected chi connectivity index (χ2v) is 10.1. The molecule has 2 saturated heterocycles. The molecule has 0 bridgehead atoms. The molecule has 3 atom stereocenters. The molecule has 0 N–H and O–H groups in total. The average Bonchev–Trinajstić information content (AvgIpc) is 3.44. The standard InChI is InChI=1S/C26H15IN2O7/c27-14-7-5-13(6-8-14)21-19-20(26(36-21)22(30)17-3-1-2-4-18(17)23(26)31)25(33)28(24(19)32)15-9-11-16(12-10-15)29(34)35/h1-12,19-21H/t19-,20+,21+/m1/s1. The number of hydrogen-bond donors (Lipinski definition) is 0. The van der Waals surface area contributed by atoms with Crippen LogP contribution in [0.3, 0.4) is 0 Å². The fourth-order valence-electron chi connectivity index (χ4n) is 5.45. The first-order valence-corrected chi connectivity index (χ1v) is 12.1. The number of nitrogens with zero attached hydrogens (tertiary/aromatic N) is 2. The molecule has 2 aliphatic heterocycles. The molecular weight excluding hydrogens is 579 g/mol. The number of non-ortho nitro benzene ring substituents is 1. The first kappa shape index (κ1) is 22.7. The maximum atomic E-state index is 13.8. The summed E-state index contributed by atoms with van der Waals surface area (Å²) in [5.41, 5.74) is -1.38. The number of Topliss-reactive ketones (excluding diaryl/α,β-unsaturated/α-hetero) is 2. The Bertz CT molecular complexity index is 1460. The van der Waals surface area contributed by atoms with Crippen molar-refractivity contribution < 1.29 is 28.8 Å². The van der Waals surface area contributed by atoms with E-state index in [-0.39, 0.29) is 22.5 Å². The van der Waals surface area contributed by atoms with Gasteiger partial charge >= 0.3 is 0 Å². The van der Waals surface area contributed by atoms with Gasteiger partial charge in [0.1, 0.15) is 0 Å². The van der Waals surface area contributed by atoms with Crippen molar-refractivity contribution in [2.45, 2.75) is 11.7 Å². The molecule has 1 spiro atoms. The molecule has 0 saturated carbocycles. The number of amides is 2. The topological polar surface area (TPSA) is 124 Å². The van der Waals surface area contributed by atoms with E-state index in [1.54, 1.807) is 24.3 Å². The van der Waals surface area contributed by atoms with Crippen LogP contribution in [0.1, 0.15) is 32.4 Å². The van der Waals surface area contributed by atoms with Crippen molar-refractivity contribution in [2.24, 2.45) is 11.8 Å². The van der Waals surface area contributed by atoms with Crippen LogP contribution in [-0.4, -0.2) is 33.9 Å². The number of rotatable bonds is 3. The number of fused-ring (bicyclic) bond motifs is 3. The predicted molar refractivity (Wildman–Crippen MR) is 133 cm³/mol. The molecule has 36 heavy (non-hydrogen) atoms. The molecule has 0 unspecified atom stereocenters. The van der Waals surface area contributed by atoms with Crippen molar-refractivity contribution in [3.05, 3.63) is 103 Å². The van der Waals surface area contributed by atoms with Crippen LogP contribution in [0.15, 0.2) is 72.8 Å². The predicted octanol–water partition coefficient (Wildman–Crippen LogP) is 3.89. The highest BCUT2D eigenvalue weighted by Crippen LogP contribution is 2.57. The van der Waals surface area contributed by atoms with Gasteiger partial charge in [0.15, 0.2) is 0 Å². The Kier molecular flexibility index (Phi) is 4.96. The Balaban J connectivity index is 1.51. The quantitative estimate of drug-likeness (QED) is 0.148. The van der Waals surface area contributed by atoms with Crippen LogP contribution in [0.2, 0.25) is 0 Å². The van der Waals surface area contributed by atoms with E-state index in [0.29, 0.717) is 5.56 Å². The molecular formula is C26H15IN2O7. The Morgan fingerprint density at radius 3 is 1.97 bits per heavy atom. The molecule has 0 radical (unpaired) electrons. The molecule has 2 fully saturated rings. The van der Waals surface area contributed by atoms with Gasteiger partial charge in [-0.3, -0.25) is 29.3 Å². The van der Waals surface area contributed by atoms with Gasteiger partial charge in [-0.2, -0.15) is 0 Å². The van der Waals surface area contributed by atoms with Crippen LogP contribution < -0.4 is 4.90 Å². The van der Waals surface area contributed by atoms with Gasteiger partial charge < -0.3 is 4.74 Å². The Hall–Kier alpha value is -3.77. The molecule has 0 aromatic heterocycles. The van der Waals surface area contributed by atoms with Crippen molar-refractivity contribution in [1.29, 1.82) is 0 Å². The first-order valence-electron chi connectivity index (χ1n) is 11.0. The minimum absolute atomic E-state index is 0.122. The van der Waals surface area contributed by atoms with E-state index in [0.717, 1.165) is 8.47 Å². The number of nitro benzene ring substituents is 1. The SMILES string of the molecule is O=C1[C@@H]2[C@@H](C(=O)N1c1ccc([N+](=O)[O-])cc1)C1(O[C@H]2c2ccc(I)cc2)C(=O)c2ccccc2C1=O. The Morgan fingerprint density at radius 1 is 0.833 bits per heavy atom. The molecule has 2 amide bonds. The fraction of sp³-hybridized carbons (Fsp3) is 0.154. The van der Waals surface area contributed by atoms with Crippen molar-refractivity contribution in [2.75, 3.05) is 4.90 Å². The van der Waals surface area contributed by atoms with Crippen molar-refractivity contribution in [1.82, 2.24) is 0 Å². The largest absolute Gasteiger partial charge is 0.349 e. The van der Waals surface area contributed by atoms with Crippen molar-refractivity contribution in [3.8, 4) is 0 Å². The van der Waals surface area contributed by atoms with Gasteiger partial charge in [-0.25, -0.2) is 4.90 Å². The number of carbonyl (C=O) groups excluding carboxylic acids is 4. The van der Waals surface area contributed by atoms with Crippen LogP contribution >= 0.6 is 22.6 Å². The lowest BCUT2D eigenvalue weighted by atomic mass is 9.77. The number of imide groups is 1. The zero-order valence-electron chi connectivity index (χ0n) is 18.3. The summed E-state index contributed by atoms with van der Waals surface area (Å²) in [5.74, 6) is -5.17. The highest BCUT2D eigenvalue weighted by molar-refractivity contribution is 14.1. The number of nitro groups is 1. The van der Waals surface area contributed by atoms with Crippen molar-refractivity contribution in [3.63, 3.8) is 0 Å². The summed E-state index contributed by atoms with van der Waals surface area (Å²) >= 11 is 2.13. The minimum Gasteiger partial charge on any atom is -0.349 e. The molecule has 3 aromatic carbocycles. The molecule has 2 heterocycles. The third-order valence-electron chi connectivity index (χ3n) is 7.04. The van der Waals surface area contributed by atoms with Crippen LogP contribution in [0.25, 0.3) is 0 Å². The van der Waals surface area contributed by atoms with E-state index in [4.69, 9.17) is 4.74 Å². The highest BCUT2D eigenvalue weighted by atomic mass is 127. The van der Waals surface area contributed by atoms with Crippen molar-refractivity contribution >= 4 is 57.3 Å². The van der Waals surface area contributed by atoms with Gasteiger partial charge in [0, 0.05) is 26.8 Å². The third kappa shape index (κ3) is 2.91. The number of benzene rings is 3. The van der Waals surface area contributed by atoms with Crippen LogP contribution in [0.5, 0.6) is 0 Å². The van der Waals surface area contributed by atoms with Gasteiger partial charge in [0.25, 0.3) is 5.69 Å². The molecule has 10 heteroatoms. The summed E-state index contributed by atoms with van der Waals surface area (Å²) < 4.78 is 7.16. The summed E-state index contributed by atoms with van der Waals surface area (Å²) in [5, 5.41) is 11.1. The molecule has 178 valence electrons. The highest BCUT2D eigenvalue weighted by Gasteiger charge is 2.74. The summed E-state index contributed by atoms with van der Waals surface area (Å²) in [7, 11) is 0. The number of hydrogen-bond acceptors (Lipinski definition) is 7. The van der Waals surface area contributed by atoms with E-state index in [2.05, 4.69) is 22.6 Å². The van der Waals surface area contributed by atoms with Gasteiger partial charge in [0.05, 0.1) is 28.6 Å². The maximum Gasteiger partial charge on any atom is 0.269 e. The van der Waals surface area contributed by atoms with Crippen LogP contribution in [0.4, 0.5) is 11.4 Å². The lowest BCUT2D eigenvalue weighted by Crippen LogP contribution is -2.51. The molecule has 3 aliphatic rings. The fourth-order valence-corrected chi connectivity index (χ4v) is 5.81. The summed E-state index contributed by atoms with van der Waals surface area (Å²) in [6.45, 7) is 0. The summed E-state index contributed by atoms with van der Waals surface area (Å²) in [6, 6.07) is 18.3. The number of carbonyl (C=O) groups is 4. The van der Waals surface area contributed by atoms with E-state index >= 15 is 0 Å².